The number of rotatable bonds is 13. The molecule has 188 valence electrons. The van der Waals surface area contributed by atoms with Crippen molar-refractivity contribution in [3.8, 4) is 11.5 Å². The number of nitrogens with one attached hydrogen (secondary N) is 1. The molecule has 0 saturated carbocycles. The normalized spacial score (nSPS) is 11.7. The maximum atomic E-state index is 12.6. The summed E-state index contributed by atoms with van der Waals surface area (Å²) in [5.41, 5.74) is 3.00. The number of hydrogen-bond donors (Lipinski definition) is 2. The number of hydrogen-bond acceptors (Lipinski definition) is 6. The smallest absolute Gasteiger partial charge is 0.328 e. The summed E-state index contributed by atoms with van der Waals surface area (Å²) in [7, 11) is 0. The molecule has 0 spiro atoms. The van der Waals surface area contributed by atoms with Gasteiger partial charge in [-0.1, -0.05) is 54.6 Å². The van der Waals surface area contributed by atoms with Crippen LogP contribution in [0.1, 0.15) is 42.9 Å². The van der Waals surface area contributed by atoms with E-state index >= 15 is 0 Å². The van der Waals surface area contributed by atoms with Crippen LogP contribution in [0.25, 0.3) is 0 Å². The average molecular weight is 488 g/mol. The van der Waals surface area contributed by atoms with Crippen LogP contribution in [0, 0.1) is 0 Å². The lowest BCUT2D eigenvalue weighted by Gasteiger charge is -2.18. The number of ether oxygens (including phenoxy) is 2. The Morgan fingerprint density at radius 1 is 0.944 bits per heavy atom. The maximum absolute atomic E-state index is 12.6. The summed E-state index contributed by atoms with van der Waals surface area (Å²) in [4.78, 5) is 25.2. The molecule has 1 atom stereocenters. The predicted octanol–water partition coefficient (Wildman–Crippen LogP) is 4.77. The van der Waals surface area contributed by atoms with Crippen molar-refractivity contribution < 1.29 is 19.1 Å². The lowest BCUT2D eigenvalue weighted by atomic mass is 10.0. The maximum Gasteiger partial charge on any atom is 0.328 e. The Kier molecular flexibility index (Phi) is 10.5. The Morgan fingerprint density at radius 3 is 2.42 bits per heavy atom. The Hall–Kier alpha value is -4.13. The molecule has 1 unspecified atom stereocenters. The zero-order valence-electron chi connectivity index (χ0n) is 20.6. The standard InChI is InChI=1S/C29H33N3O4/c1-2-35-29(34)27(20-24-10-8-13-26(19-24)36-25-11-4-3-5-12-25)32-28(33)14-7-6-9-22-15-17-23(18-16-22)21-31-30/h3-5,8,10-13,15-19,21,27H,2,6-7,9,14,20,30H2,1H3,(H,32,33). The van der Waals surface area contributed by atoms with Gasteiger partial charge >= 0.3 is 5.97 Å². The number of para-hydroxylation sites is 1. The van der Waals surface area contributed by atoms with Crippen molar-refractivity contribution in [2.24, 2.45) is 10.9 Å². The minimum atomic E-state index is -0.763. The number of nitrogens with zero attached hydrogens (tertiary/aromatic N) is 1. The second-order valence-electron chi connectivity index (χ2n) is 8.37. The molecule has 0 bridgehead atoms. The van der Waals surface area contributed by atoms with Gasteiger partial charge in [0.15, 0.2) is 0 Å². The van der Waals surface area contributed by atoms with Crippen molar-refractivity contribution in [3.05, 3.63) is 95.6 Å². The molecule has 0 aromatic heterocycles. The topological polar surface area (TPSA) is 103 Å². The number of hydrazone groups is 1. The molecule has 7 nitrogen and oxygen atoms in total. The molecule has 7 heteroatoms. The second kappa shape index (κ2) is 14.3. The number of esters is 1. The van der Waals surface area contributed by atoms with E-state index in [4.69, 9.17) is 15.3 Å². The van der Waals surface area contributed by atoms with Crippen molar-refractivity contribution >= 4 is 18.1 Å². The molecule has 0 saturated heterocycles. The van der Waals surface area contributed by atoms with Crippen LogP contribution in [0.15, 0.2) is 84.0 Å². The highest BCUT2D eigenvalue weighted by Gasteiger charge is 2.22. The first-order valence-electron chi connectivity index (χ1n) is 12.2. The molecule has 3 N–H and O–H groups in total. The van der Waals surface area contributed by atoms with E-state index in [1.54, 1.807) is 13.1 Å². The molecule has 0 heterocycles. The second-order valence-corrected chi connectivity index (χ2v) is 8.37. The summed E-state index contributed by atoms with van der Waals surface area (Å²) in [6.45, 7) is 2.00. The highest BCUT2D eigenvalue weighted by atomic mass is 16.5. The van der Waals surface area contributed by atoms with Crippen molar-refractivity contribution in [1.82, 2.24) is 5.32 Å². The Morgan fingerprint density at radius 2 is 1.69 bits per heavy atom. The van der Waals surface area contributed by atoms with E-state index in [1.165, 1.54) is 5.56 Å². The molecule has 3 aromatic carbocycles. The fraction of sp³-hybridized carbons (Fsp3) is 0.276. The molecular formula is C29H33N3O4. The molecule has 36 heavy (non-hydrogen) atoms. The summed E-state index contributed by atoms with van der Waals surface area (Å²) < 4.78 is 11.1. The van der Waals surface area contributed by atoms with Gasteiger partial charge in [-0.2, -0.15) is 5.10 Å². The molecule has 0 aliphatic rings. The quantitative estimate of drug-likeness (QED) is 0.119. The number of unbranched alkanes of at least 4 members (excludes halogenated alkanes) is 1. The molecule has 0 fully saturated rings. The van der Waals surface area contributed by atoms with Gasteiger partial charge in [-0.25, -0.2) is 4.79 Å². The van der Waals surface area contributed by atoms with Gasteiger partial charge in [0.05, 0.1) is 12.8 Å². The molecule has 3 rings (SSSR count). The van der Waals surface area contributed by atoms with Crippen molar-refractivity contribution in [2.75, 3.05) is 6.61 Å². The summed E-state index contributed by atoms with van der Waals surface area (Å²) in [5, 5.41) is 6.38. The van der Waals surface area contributed by atoms with E-state index in [0.717, 1.165) is 29.7 Å². The van der Waals surface area contributed by atoms with Crippen LogP contribution in [0.5, 0.6) is 11.5 Å². The van der Waals surface area contributed by atoms with Crippen LogP contribution in [-0.2, 0) is 27.2 Å². The molecular weight excluding hydrogens is 454 g/mol. The minimum absolute atomic E-state index is 0.167. The molecule has 3 aromatic rings. The third kappa shape index (κ3) is 8.91. The zero-order chi connectivity index (χ0) is 25.6. The number of benzene rings is 3. The summed E-state index contributed by atoms with van der Waals surface area (Å²) in [6.07, 6.45) is 4.69. The van der Waals surface area contributed by atoms with E-state index in [-0.39, 0.29) is 12.5 Å². The monoisotopic (exact) mass is 487 g/mol. The summed E-state index contributed by atoms with van der Waals surface area (Å²) in [6, 6.07) is 24.2. The fourth-order valence-corrected chi connectivity index (χ4v) is 3.77. The Balaban J connectivity index is 1.52. The first kappa shape index (κ1) is 26.5. The zero-order valence-corrected chi connectivity index (χ0v) is 20.6. The largest absolute Gasteiger partial charge is 0.464 e. The number of nitrogens with two attached hydrogens (primary N) is 1. The minimum Gasteiger partial charge on any atom is -0.464 e. The van der Waals surface area contributed by atoms with Crippen molar-refractivity contribution in [1.29, 1.82) is 0 Å². The lowest BCUT2D eigenvalue weighted by molar-refractivity contribution is -0.147. The average Bonchev–Trinajstić information content (AvgIpc) is 2.88. The predicted molar refractivity (Wildman–Crippen MR) is 141 cm³/mol. The molecule has 0 aliphatic carbocycles. The third-order valence-corrected chi connectivity index (χ3v) is 5.55. The third-order valence-electron chi connectivity index (χ3n) is 5.55. The van der Waals surface area contributed by atoms with Gasteiger partial charge in [0.25, 0.3) is 0 Å². The number of aryl methyl sites for hydroxylation is 1. The van der Waals surface area contributed by atoms with Crippen LogP contribution in [0.4, 0.5) is 0 Å². The Labute approximate surface area is 212 Å². The molecule has 0 radical (unpaired) electrons. The fourth-order valence-electron chi connectivity index (χ4n) is 3.77. The molecule has 1 amide bonds. The van der Waals surface area contributed by atoms with E-state index in [0.29, 0.717) is 25.0 Å². The van der Waals surface area contributed by atoms with Crippen molar-refractivity contribution in [2.45, 2.75) is 45.1 Å². The van der Waals surface area contributed by atoms with E-state index < -0.39 is 12.0 Å². The van der Waals surface area contributed by atoms with Crippen LogP contribution in [-0.4, -0.2) is 30.7 Å². The summed E-state index contributed by atoms with van der Waals surface area (Å²) in [5.74, 6) is 5.95. The number of amides is 1. The Bertz CT molecular complexity index is 1130. The van der Waals surface area contributed by atoms with Gasteiger partial charge in [-0.05, 0) is 67.1 Å². The molecule has 0 aliphatic heterocycles. The van der Waals surface area contributed by atoms with E-state index in [1.807, 2.05) is 78.9 Å². The van der Waals surface area contributed by atoms with E-state index in [2.05, 4.69) is 10.4 Å². The van der Waals surface area contributed by atoms with Crippen molar-refractivity contribution in [3.63, 3.8) is 0 Å². The van der Waals surface area contributed by atoms with Gasteiger partial charge in [0.2, 0.25) is 5.91 Å². The van der Waals surface area contributed by atoms with Gasteiger partial charge in [0, 0.05) is 12.8 Å². The highest BCUT2D eigenvalue weighted by Crippen LogP contribution is 2.22. The van der Waals surface area contributed by atoms with Crippen LogP contribution >= 0.6 is 0 Å². The first-order valence-corrected chi connectivity index (χ1v) is 12.2. The summed E-state index contributed by atoms with van der Waals surface area (Å²) >= 11 is 0. The highest BCUT2D eigenvalue weighted by molar-refractivity contribution is 5.84. The van der Waals surface area contributed by atoms with Gasteiger partial charge < -0.3 is 20.6 Å². The van der Waals surface area contributed by atoms with Gasteiger partial charge in [-0.3, -0.25) is 4.79 Å². The first-order chi connectivity index (χ1) is 17.6. The van der Waals surface area contributed by atoms with Crippen LogP contribution in [0.2, 0.25) is 0 Å². The lowest BCUT2D eigenvalue weighted by Crippen LogP contribution is -2.43. The van der Waals surface area contributed by atoms with Gasteiger partial charge in [-0.15, -0.1) is 0 Å². The SMILES string of the molecule is CCOC(=O)C(Cc1cccc(Oc2ccccc2)c1)NC(=O)CCCCc1ccc(C=NN)cc1. The van der Waals surface area contributed by atoms with Crippen LogP contribution < -0.4 is 15.9 Å². The van der Waals surface area contributed by atoms with Gasteiger partial charge in [0.1, 0.15) is 17.5 Å². The number of carbonyl (C=O) groups excluding carboxylic acids is 2. The number of carbonyl (C=O) groups is 2. The van der Waals surface area contributed by atoms with Crippen LogP contribution in [0.3, 0.4) is 0 Å². The van der Waals surface area contributed by atoms with E-state index in [9.17, 15) is 9.59 Å².